The Labute approximate surface area is 194 Å². The van der Waals surface area contributed by atoms with Crippen molar-refractivity contribution in [1.82, 2.24) is 5.32 Å². The van der Waals surface area contributed by atoms with E-state index in [2.05, 4.69) is 10.1 Å². The lowest BCUT2D eigenvalue weighted by molar-refractivity contribution is -0.150. The molecule has 0 saturated carbocycles. The van der Waals surface area contributed by atoms with Crippen LogP contribution >= 0.6 is 23.2 Å². The highest BCUT2D eigenvalue weighted by atomic mass is 35.5. The van der Waals surface area contributed by atoms with Crippen molar-refractivity contribution in [3.63, 3.8) is 0 Å². The molecular formula is C22H21Cl2F2NO5. The summed E-state index contributed by atoms with van der Waals surface area (Å²) < 4.78 is 39.2. The zero-order valence-corrected chi connectivity index (χ0v) is 18.9. The number of hydrogen-bond donors (Lipinski definition) is 1. The van der Waals surface area contributed by atoms with Crippen LogP contribution in [0.4, 0.5) is 8.78 Å². The molecule has 0 saturated heterocycles. The number of carbonyl (C=O) groups is 2. The molecule has 0 aliphatic rings. The molecule has 2 aromatic carbocycles. The topological polar surface area (TPSA) is 73.9 Å². The van der Waals surface area contributed by atoms with Gasteiger partial charge in [0, 0.05) is 16.1 Å². The maximum absolute atomic E-state index is 12.4. The molecule has 32 heavy (non-hydrogen) atoms. The Bertz CT molecular complexity index is 1000. The number of amides is 1. The minimum atomic E-state index is -2.99. The van der Waals surface area contributed by atoms with E-state index in [1.54, 1.807) is 25.1 Å². The molecule has 0 aliphatic heterocycles. The Balaban J connectivity index is 1.95. The van der Waals surface area contributed by atoms with Gasteiger partial charge in [-0.25, -0.2) is 4.79 Å². The summed E-state index contributed by atoms with van der Waals surface area (Å²) in [5, 5.41) is 3.59. The molecule has 1 amide bonds. The zero-order valence-electron chi connectivity index (χ0n) is 17.4. The number of ether oxygens (including phenoxy) is 3. The number of hydrogen-bond acceptors (Lipinski definition) is 5. The summed E-state index contributed by atoms with van der Waals surface area (Å²) in [7, 11) is 1.30. The van der Waals surface area contributed by atoms with Gasteiger partial charge < -0.3 is 19.5 Å². The zero-order chi connectivity index (χ0) is 23.8. The molecule has 6 nitrogen and oxygen atoms in total. The molecule has 0 spiro atoms. The molecule has 2 atom stereocenters. The van der Waals surface area contributed by atoms with Gasteiger partial charge in [0.15, 0.2) is 17.6 Å². The lowest BCUT2D eigenvalue weighted by Crippen LogP contribution is -2.37. The number of halogens is 4. The van der Waals surface area contributed by atoms with Crippen LogP contribution in [0.5, 0.6) is 11.5 Å². The molecule has 10 heteroatoms. The third kappa shape index (κ3) is 7.39. The van der Waals surface area contributed by atoms with Gasteiger partial charge in [0.1, 0.15) is 0 Å². The quantitative estimate of drug-likeness (QED) is 0.377. The molecular weight excluding hydrogens is 467 g/mol. The third-order valence-corrected chi connectivity index (χ3v) is 4.83. The van der Waals surface area contributed by atoms with Crippen LogP contribution in [0.25, 0.3) is 6.08 Å². The largest absolute Gasteiger partial charge is 0.493 e. The Kier molecular flexibility index (Phi) is 9.28. The van der Waals surface area contributed by atoms with Crippen molar-refractivity contribution in [3.05, 3.63) is 63.6 Å². The van der Waals surface area contributed by atoms with E-state index < -0.39 is 30.6 Å². The standard InChI is InChI=1S/C22H21Cl2F2NO5/c1-12(16-7-6-15(23)11-17(16)24)27-21(29)13(2)31-20(28)9-5-14-4-8-18(32-22(25)26)19(10-14)30-3/h4-13,22H,1-3H3,(H,27,29). The van der Waals surface area contributed by atoms with Crippen LogP contribution in [-0.4, -0.2) is 31.7 Å². The Morgan fingerprint density at radius 1 is 1.06 bits per heavy atom. The van der Waals surface area contributed by atoms with Gasteiger partial charge in [-0.05, 0) is 55.3 Å². The molecule has 0 fully saturated rings. The van der Waals surface area contributed by atoms with Crippen LogP contribution in [0.15, 0.2) is 42.5 Å². The smallest absolute Gasteiger partial charge is 0.387 e. The van der Waals surface area contributed by atoms with Gasteiger partial charge in [-0.15, -0.1) is 0 Å². The first-order chi connectivity index (χ1) is 15.1. The SMILES string of the molecule is COc1cc(C=CC(=O)OC(C)C(=O)NC(C)c2ccc(Cl)cc2Cl)ccc1OC(F)F. The number of benzene rings is 2. The van der Waals surface area contributed by atoms with Crippen LogP contribution in [0, 0.1) is 0 Å². The lowest BCUT2D eigenvalue weighted by Gasteiger charge is -2.19. The minimum absolute atomic E-state index is 0.0726. The van der Waals surface area contributed by atoms with E-state index in [9.17, 15) is 18.4 Å². The molecule has 2 aromatic rings. The van der Waals surface area contributed by atoms with Crippen LogP contribution in [0.1, 0.15) is 31.0 Å². The lowest BCUT2D eigenvalue weighted by atomic mass is 10.1. The van der Waals surface area contributed by atoms with E-state index in [-0.39, 0.29) is 11.5 Å². The average Bonchev–Trinajstić information content (AvgIpc) is 2.72. The average molecular weight is 488 g/mol. The first-order valence-corrected chi connectivity index (χ1v) is 10.1. The molecule has 2 rings (SSSR count). The van der Waals surface area contributed by atoms with E-state index in [1.807, 2.05) is 0 Å². The van der Waals surface area contributed by atoms with Crippen molar-refractivity contribution in [2.24, 2.45) is 0 Å². The predicted octanol–water partition coefficient (Wildman–Crippen LogP) is 5.43. The predicted molar refractivity (Wildman–Crippen MR) is 117 cm³/mol. The summed E-state index contributed by atoms with van der Waals surface area (Å²) in [5.74, 6) is -1.34. The summed E-state index contributed by atoms with van der Waals surface area (Å²) >= 11 is 12.0. The second-order valence-electron chi connectivity index (χ2n) is 6.60. The Morgan fingerprint density at radius 3 is 2.41 bits per heavy atom. The molecule has 0 heterocycles. The van der Waals surface area contributed by atoms with E-state index in [4.69, 9.17) is 32.7 Å². The fraction of sp³-hybridized carbons (Fsp3) is 0.273. The summed E-state index contributed by atoms with van der Waals surface area (Å²) in [6.07, 6.45) is 1.42. The van der Waals surface area contributed by atoms with Gasteiger partial charge in [0.2, 0.25) is 0 Å². The fourth-order valence-electron chi connectivity index (χ4n) is 2.67. The van der Waals surface area contributed by atoms with Gasteiger partial charge in [0.05, 0.1) is 13.2 Å². The normalized spacial score (nSPS) is 13.0. The highest BCUT2D eigenvalue weighted by Crippen LogP contribution is 2.30. The molecule has 1 N–H and O–H groups in total. The molecule has 0 aliphatic carbocycles. The van der Waals surface area contributed by atoms with Gasteiger partial charge in [-0.2, -0.15) is 8.78 Å². The fourth-order valence-corrected chi connectivity index (χ4v) is 3.25. The van der Waals surface area contributed by atoms with Crippen molar-refractivity contribution in [1.29, 1.82) is 0 Å². The Morgan fingerprint density at radius 2 is 1.78 bits per heavy atom. The number of rotatable bonds is 9. The molecule has 0 aromatic heterocycles. The maximum atomic E-state index is 12.4. The summed E-state index contributed by atoms with van der Waals surface area (Å²) in [6.45, 7) is 0.166. The van der Waals surface area contributed by atoms with E-state index in [1.165, 1.54) is 38.3 Å². The highest BCUT2D eigenvalue weighted by molar-refractivity contribution is 6.35. The van der Waals surface area contributed by atoms with Gasteiger partial charge in [0.25, 0.3) is 5.91 Å². The minimum Gasteiger partial charge on any atom is -0.493 e. The van der Waals surface area contributed by atoms with Crippen molar-refractivity contribution >= 4 is 41.2 Å². The number of methoxy groups -OCH3 is 1. The first kappa shape index (κ1) is 25.4. The van der Waals surface area contributed by atoms with Crippen molar-refractivity contribution < 1.29 is 32.6 Å². The third-order valence-electron chi connectivity index (χ3n) is 4.27. The van der Waals surface area contributed by atoms with Gasteiger partial charge >= 0.3 is 12.6 Å². The van der Waals surface area contributed by atoms with E-state index >= 15 is 0 Å². The molecule has 172 valence electrons. The summed E-state index contributed by atoms with van der Waals surface area (Å²) in [5.41, 5.74) is 1.14. The molecule has 0 bridgehead atoms. The van der Waals surface area contributed by atoms with Crippen molar-refractivity contribution in [3.8, 4) is 11.5 Å². The van der Waals surface area contributed by atoms with Crippen LogP contribution in [0.3, 0.4) is 0 Å². The Hall–Kier alpha value is -2.84. The molecule has 0 radical (unpaired) electrons. The summed E-state index contributed by atoms with van der Waals surface area (Å²) in [4.78, 5) is 24.4. The van der Waals surface area contributed by atoms with Crippen LogP contribution in [0.2, 0.25) is 10.0 Å². The number of esters is 1. The van der Waals surface area contributed by atoms with Crippen LogP contribution < -0.4 is 14.8 Å². The summed E-state index contributed by atoms with van der Waals surface area (Å²) in [6, 6.07) is 8.63. The monoisotopic (exact) mass is 487 g/mol. The number of nitrogens with one attached hydrogen (secondary N) is 1. The van der Waals surface area contributed by atoms with Gasteiger partial charge in [-0.1, -0.05) is 35.3 Å². The number of carbonyl (C=O) groups excluding carboxylic acids is 2. The van der Waals surface area contributed by atoms with Crippen molar-refractivity contribution in [2.75, 3.05) is 7.11 Å². The van der Waals surface area contributed by atoms with E-state index in [0.717, 1.165) is 6.08 Å². The first-order valence-electron chi connectivity index (χ1n) is 9.37. The second-order valence-corrected chi connectivity index (χ2v) is 7.44. The molecule has 2 unspecified atom stereocenters. The van der Waals surface area contributed by atoms with Gasteiger partial charge in [-0.3, -0.25) is 4.79 Å². The second kappa shape index (κ2) is 11.7. The number of alkyl halides is 2. The maximum Gasteiger partial charge on any atom is 0.387 e. The van der Waals surface area contributed by atoms with Crippen molar-refractivity contribution in [2.45, 2.75) is 32.6 Å². The highest BCUT2D eigenvalue weighted by Gasteiger charge is 2.20. The van der Waals surface area contributed by atoms with E-state index in [0.29, 0.717) is 21.2 Å². The van der Waals surface area contributed by atoms with Crippen LogP contribution in [-0.2, 0) is 14.3 Å².